The number of ether oxygens (including phenoxy) is 5. The number of rotatable bonds is 28. The van der Waals surface area contributed by atoms with Crippen LogP contribution in [-0.2, 0) is 42.9 Å². The van der Waals surface area contributed by atoms with Crippen molar-refractivity contribution >= 4 is 46.7 Å². The molecule has 2 aliphatic carbocycles. The molecule has 45 heavy (non-hydrogen) atoms. The van der Waals surface area contributed by atoms with Crippen molar-refractivity contribution in [2.75, 3.05) is 77.6 Å². The summed E-state index contributed by atoms with van der Waals surface area (Å²) in [6.45, 7) is 13.0. The molecule has 4 atom stereocenters. The Morgan fingerprint density at radius 3 is 1.16 bits per heavy atom. The summed E-state index contributed by atoms with van der Waals surface area (Å²) < 4.78 is 27.7. The van der Waals surface area contributed by atoms with Crippen molar-refractivity contribution in [3.63, 3.8) is 0 Å². The van der Waals surface area contributed by atoms with Gasteiger partial charge < -0.3 is 23.7 Å². The molecule has 2 rings (SSSR count). The third-order valence-corrected chi connectivity index (χ3v) is 10.6. The van der Waals surface area contributed by atoms with Crippen molar-refractivity contribution in [2.45, 2.75) is 89.6 Å². The highest BCUT2D eigenvalue weighted by molar-refractivity contribution is 8.00. The lowest BCUT2D eigenvalue weighted by Gasteiger charge is -2.11. The van der Waals surface area contributed by atoms with Crippen molar-refractivity contribution in [3.05, 3.63) is 0 Å². The van der Waals surface area contributed by atoms with Gasteiger partial charge in [-0.05, 0) is 49.0 Å². The Bertz CT molecular complexity index is 799. The van der Waals surface area contributed by atoms with Crippen LogP contribution in [0.15, 0.2) is 0 Å². The van der Waals surface area contributed by atoms with Gasteiger partial charge in [-0.3, -0.25) is 19.2 Å². The second kappa shape index (κ2) is 24.3. The summed E-state index contributed by atoms with van der Waals surface area (Å²) in [4.78, 5) is 49.7. The van der Waals surface area contributed by atoms with Gasteiger partial charge in [-0.2, -0.15) is 23.5 Å². The normalized spacial score (nSPS) is 22.2. The Labute approximate surface area is 279 Å². The van der Waals surface area contributed by atoms with E-state index >= 15 is 0 Å². The lowest BCUT2D eigenvalue weighted by Crippen LogP contribution is -2.21. The van der Waals surface area contributed by atoms with E-state index in [1.54, 1.807) is 23.5 Å². The Morgan fingerprint density at radius 1 is 0.533 bits per heavy atom. The zero-order valence-electron chi connectivity index (χ0n) is 28.1. The van der Waals surface area contributed by atoms with Crippen LogP contribution in [0, 0.1) is 23.7 Å². The summed E-state index contributed by atoms with van der Waals surface area (Å²) in [6, 6.07) is 0. The Kier molecular flexibility index (Phi) is 21.8. The molecule has 0 aromatic rings. The molecule has 0 amide bonds. The summed E-state index contributed by atoms with van der Waals surface area (Å²) in [5, 5.41) is -0.350. The van der Waals surface area contributed by atoms with Gasteiger partial charge in [0.25, 0.3) is 0 Å². The summed E-state index contributed by atoms with van der Waals surface area (Å²) in [5.74, 6) is 2.44. The van der Waals surface area contributed by atoms with Gasteiger partial charge in [-0.15, -0.1) is 0 Å². The van der Waals surface area contributed by atoms with Crippen molar-refractivity contribution < 1.29 is 42.9 Å². The fourth-order valence-corrected chi connectivity index (χ4v) is 7.78. The lowest BCUT2D eigenvalue weighted by molar-refractivity contribution is -0.129. The first kappa shape index (κ1) is 40.4. The third kappa shape index (κ3) is 17.2. The number of thioether (sulfide) groups is 2. The second-order valence-electron chi connectivity index (χ2n) is 12.7. The maximum absolute atomic E-state index is 12.6. The third-order valence-electron chi connectivity index (χ3n) is 7.95. The lowest BCUT2D eigenvalue weighted by atomic mass is 10.0. The number of carbonyl (C=O) groups excluding carboxylic acids is 4. The first-order valence-corrected chi connectivity index (χ1v) is 19.0. The van der Waals surface area contributed by atoms with Crippen molar-refractivity contribution in [1.29, 1.82) is 0 Å². The molecule has 2 saturated carbocycles. The molecule has 0 aromatic heterocycles. The molecule has 0 aromatic carbocycles. The molecule has 0 N–H and O–H groups in total. The van der Waals surface area contributed by atoms with E-state index in [9.17, 15) is 19.2 Å². The average molecular weight is 675 g/mol. The van der Waals surface area contributed by atoms with Gasteiger partial charge in [0, 0.05) is 26.1 Å². The van der Waals surface area contributed by atoms with Gasteiger partial charge in [0.2, 0.25) is 0 Å². The molecule has 11 heteroatoms. The number of hydrogen-bond acceptors (Lipinski definition) is 11. The summed E-state index contributed by atoms with van der Waals surface area (Å²) in [6.07, 6.45) is 6.09. The monoisotopic (exact) mass is 674 g/mol. The molecule has 0 heterocycles. The van der Waals surface area contributed by atoms with Crippen LogP contribution < -0.4 is 0 Å². The Hall–Kier alpha value is -0.820. The first-order valence-electron chi connectivity index (χ1n) is 17.0. The number of Topliss-reactive ketones (excluding diaryl/α,β-unsaturated/α-hetero) is 4. The largest absolute Gasteiger partial charge is 0.379 e. The molecule has 0 bridgehead atoms. The van der Waals surface area contributed by atoms with Crippen LogP contribution in [0.5, 0.6) is 0 Å². The van der Waals surface area contributed by atoms with Crippen molar-refractivity contribution in [1.82, 2.24) is 0 Å². The maximum Gasteiger partial charge on any atom is 0.156 e. The number of ketones is 4. The number of carbonyl (C=O) groups is 4. The molecule has 0 aliphatic heterocycles. The summed E-state index contributed by atoms with van der Waals surface area (Å²) >= 11 is 3.27. The van der Waals surface area contributed by atoms with Gasteiger partial charge in [0.15, 0.2) is 11.6 Å². The van der Waals surface area contributed by atoms with E-state index in [1.165, 1.54) is 0 Å². The second-order valence-corrected chi connectivity index (χ2v) is 15.3. The van der Waals surface area contributed by atoms with Gasteiger partial charge in [0.1, 0.15) is 11.6 Å². The highest BCUT2D eigenvalue weighted by Gasteiger charge is 2.41. The molecule has 0 saturated heterocycles. The van der Waals surface area contributed by atoms with Crippen molar-refractivity contribution in [2.24, 2.45) is 23.7 Å². The van der Waals surface area contributed by atoms with Crippen LogP contribution in [-0.4, -0.2) is 111 Å². The fraction of sp³-hybridized carbons (Fsp3) is 0.882. The van der Waals surface area contributed by atoms with Crippen LogP contribution in [0.1, 0.15) is 79.1 Å². The van der Waals surface area contributed by atoms with Crippen LogP contribution in [0.25, 0.3) is 0 Å². The van der Waals surface area contributed by atoms with E-state index in [1.807, 2.05) is 0 Å². The van der Waals surface area contributed by atoms with Crippen LogP contribution >= 0.6 is 23.5 Å². The van der Waals surface area contributed by atoms with E-state index in [0.717, 1.165) is 37.2 Å². The van der Waals surface area contributed by atoms with Crippen LogP contribution in [0.4, 0.5) is 0 Å². The SMILES string of the molecule is CC(C)CCCSC1CC(=O)C(CCOCCOCCOCCOCCOCCC2C(=O)CC(SCCCC(C)C)C2=O)C1=O. The molecule has 0 radical (unpaired) electrons. The van der Waals surface area contributed by atoms with Crippen LogP contribution in [0.2, 0.25) is 0 Å². The molecule has 2 fully saturated rings. The minimum absolute atomic E-state index is 0.0556. The minimum Gasteiger partial charge on any atom is -0.379 e. The summed E-state index contributed by atoms with van der Waals surface area (Å²) in [5.41, 5.74) is 0. The van der Waals surface area contributed by atoms with Gasteiger partial charge in [0.05, 0.1) is 75.2 Å². The van der Waals surface area contributed by atoms with Crippen LogP contribution in [0.3, 0.4) is 0 Å². The molecular weight excluding hydrogens is 616 g/mol. The molecule has 0 spiro atoms. The van der Waals surface area contributed by atoms with Gasteiger partial charge in [-0.1, -0.05) is 40.5 Å². The topological polar surface area (TPSA) is 114 Å². The van der Waals surface area contributed by atoms with E-state index in [4.69, 9.17) is 23.7 Å². The van der Waals surface area contributed by atoms with E-state index in [0.29, 0.717) is 104 Å². The average Bonchev–Trinajstić information content (AvgIpc) is 3.42. The quantitative estimate of drug-likeness (QED) is 0.0802. The van der Waals surface area contributed by atoms with E-state index in [-0.39, 0.29) is 33.6 Å². The number of hydrogen-bond donors (Lipinski definition) is 0. The Balaban J connectivity index is 1.34. The highest BCUT2D eigenvalue weighted by atomic mass is 32.2. The highest BCUT2D eigenvalue weighted by Crippen LogP contribution is 2.32. The molecule has 4 unspecified atom stereocenters. The Morgan fingerprint density at radius 2 is 0.844 bits per heavy atom. The minimum atomic E-state index is -0.509. The predicted molar refractivity (Wildman–Crippen MR) is 180 cm³/mol. The van der Waals surface area contributed by atoms with E-state index < -0.39 is 11.8 Å². The molecular formula is C34H58O9S2. The molecule has 260 valence electrons. The van der Waals surface area contributed by atoms with Gasteiger partial charge >= 0.3 is 0 Å². The van der Waals surface area contributed by atoms with Crippen molar-refractivity contribution in [3.8, 4) is 0 Å². The molecule has 2 aliphatic rings. The predicted octanol–water partition coefficient (Wildman–Crippen LogP) is 5.24. The first-order chi connectivity index (χ1) is 21.7. The van der Waals surface area contributed by atoms with Gasteiger partial charge in [-0.25, -0.2) is 0 Å². The maximum atomic E-state index is 12.6. The zero-order valence-corrected chi connectivity index (χ0v) is 29.7. The standard InChI is InChI=1S/C34H58O9S2/c1-25(2)7-5-21-44-31-23-29(35)27(33(31)37)9-11-39-13-15-41-17-19-43-20-18-42-16-14-40-12-10-28-30(36)24-32(34(28)38)45-22-6-8-26(3)4/h25-28,31-32H,5-24H2,1-4H3. The van der Waals surface area contributed by atoms with E-state index in [2.05, 4.69) is 27.7 Å². The summed E-state index contributed by atoms with van der Waals surface area (Å²) in [7, 11) is 0. The zero-order chi connectivity index (χ0) is 32.9. The smallest absolute Gasteiger partial charge is 0.156 e. The fourth-order valence-electron chi connectivity index (χ4n) is 5.32. The molecule has 9 nitrogen and oxygen atoms in total.